The number of hydrogen-bond acceptors (Lipinski definition) is 3. The molecule has 5 heteroatoms. The van der Waals surface area contributed by atoms with Crippen LogP contribution in [-0.2, 0) is 6.42 Å². The molecule has 0 saturated carbocycles. The molecular formula is C16H14FNO3. The third kappa shape index (κ3) is 3.50. The summed E-state index contributed by atoms with van der Waals surface area (Å²) in [6.07, 6.45) is 2.06. The molecule has 0 aliphatic rings. The summed E-state index contributed by atoms with van der Waals surface area (Å²) in [4.78, 5) is 12.1. The second-order valence-electron chi connectivity index (χ2n) is 4.22. The van der Waals surface area contributed by atoms with Crippen LogP contribution in [0.2, 0.25) is 0 Å². The molecule has 2 rings (SSSR count). The van der Waals surface area contributed by atoms with Crippen LogP contribution in [0.5, 0.6) is 0 Å². The molecule has 1 aromatic carbocycles. The molecule has 1 heterocycles. The highest BCUT2D eigenvalue weighted by molar-refractivity contribution is 6.05. The van der Waals surface area contributed by atoms with Crippen LogP contribution < -0.4 is 5.32 Å². The zero-order chi connectivity index (χ0) is 15.2. The fourth-order valence-electron chi connectivity index (χ4n) is 1.85. The molecule has 0 saturated heterocycles. The summed E-state index contributed by atoms with van der Waals surface area (Å²) < 4.78 is 18.7. The van der Waals surface area contributed by atoms with Crippen LogP contribution in [-0.4, -0.2) is 17.6 Å². The molecule has 0 aliphatic carbocycles. The molecule has 0 bridgehead atoms. The number of halogens is 1. The highest BCUT2D eigenvalue weighted by atomic mass is 19.1. The second kappa shape index (κ2) is 6.73. The van der Waals surface area contributed by atoms with Gasteiger partial charge in [0.15, 0.2) is 0 Å². The van der Waals surface area contributed by atoms with E-state index in [-0.39, 0.29) is 18.1 Å². The van der Waals surface area contributed by atoms with Gasteiger partial charge in [0.2, 0.25) is 0 Å². The van der Waals surface area contributed by atoms with Crippen molar-refractivity contribution in [2.45, 2.75) is 13.3 Å². The topological polar surface area (TPSA) is 62.5 Å². The maximum atomic E-state index is 13.5. The van der Waals surface area contributed by atoms with Crippen LogP contribution >= 0.6 is 0 Å². The second-order valence-corrected chi connectivity index (χ2v) is 4.22. The van der Waals surface area contributed by atoms with Crippen molar-refractivity contribution >= 4 is 11.6 Å². The number of aliphatic hydroxyl groups is 1. The van der Waals surface area contributed by atoms with Gasteiger partial charge < -0.3 is 14.8 Å². The summed E-state index contributed by atoms with van der Waals surface area (Å²) in [5, 5.41) is 11.3. The van der Waals surface area contributed by atoms with E-state index in [0.717, 1.165) is 0 Å². The summed E-state index contributed by atoms with van der Waals surface area (Å²) in [5.41, 5.74) is 0.987. The van der Waals surface area contributed by atoms with Crippen molar-refractivity contribution < 1.29 is 18.7 Å². The summed E-state index contributed by atoms with van der Waals surface area (Å²) in [6, 6.07) is 5.67. The van der Waals surface area contributed by atoms with Gasteiger partial charge in [0.25, 0.3) is 5.91 Å². The third-order valence-corrected chi connectivity index (χ3v) is 2.84. The van der Waals surface area contributed by atoms with E-state index >= 15 is 0 Å². The Bertz CT molecular complexity index is 710. The molecule has 0 fully saturated rings. The fourth-order valence-corrected chi connectivity index (χ4v) is 1.85. The van der Waals surface area contributed by atoms with Crippen molar-refractivity contribution in [1.82, 2.24) is 0 Å². The van der Waals surface area contributed by atoms with Crippen LogP contribution in [0.25, 0.3) is 0 Å². The maximum Gasteiger partial charge on any atom is 0.259 e. The number of carbonyl (C=O) groups excluding carboxylic acids is 1. The lowest BCUT2D eigenvalue weighted by molar-refractivity contribution is 0.102. The number of aliphatic hydroxyl groups excluding tert-OH is 1. The van der Waals surface area contributed by atoms with Crippen molar-refractivity contribution in [3.63, 3.8) is 0 Å². The molecule has 108 valence electrons. The standard InChI is InChI=1S/C16H14FNO3/c1-2-15-13(7-9-21-15)16(20)18-12-5-6-14(17)11(10-12)4-3-8-19/h5-7,9-10,19H,2,8H2,1H3,(H,18,20). The summed E-state index contributed by atoms with van der Waals surface area (Å²) in [5.74, 6) is 4.62. The van der Waals surface area contributed by atoms with Crippen molar-refractivity contribution in [1.29, 1.82) is 0 Å². The molecule has 0 spiro atoms. The Labute approximate surface area is 121 Å². The number of nitrogens with one attached hydrogen (secondary N) is 1. The SMILES string of the molecule is CCc1occc1C(=O)Nc1ccc(F)c(C#CCO)c1. The molecule has 2 N–H and O–H groups in total. The smallest absolute Gasteiger partial charge is 0.259 e. The Morgan fingerprint density at radius 3 is 2.95 bits per heavy atom. The predicted molar refractivity (Wildman–Crippen MR) is 76.4 cm³/mol. The Morgan fingerprint density at radius 1 is 1.43 bits per heavy atom. The lowest BCUT2D eigenvalue weighted by Crippen LogP contribution is -2.13. The zero-order valence-electron chi connectivity index (χ0n) is 11.4. The van der Waals surface area contributed by atoms with E-state index in [4.69, 9.17) is 9.52 Å². The van der Waals surface area contributed by atoms with Crippen molar-refractivity contribution in [2.24, 2.45) is 0 Å². The minimum atomic E-state index is -0.508. The minimum Gasteiger partial charge on any atom is -0.469 e. The van der Waals surface area contributed by atoms with E-state index in [1.165, 1.54) is 24.5 Å². The van der Waals surface area contributed by atoms with Crippen molar-refractivity contribution in [3.05, 3.63) is 53.2 Å². The molecule has 21 heavy (non-hydrogen) atoms. The Kier molecular flexibility index (Phi) is 4.75. The first-order valence-electron chi connectivity index (χ1n) is 6.42. The normalized spacial score (nSPS) is 9.86. The first-order chi connectivity index (χ1) is 10.2. The van der Waals surface area contributed by atoms with E-state index < -0.39 is 5.82 Å². The van der Waals surface area contributed by atoms with Gasteiger partial charge in [-0.05, 0) is 24.3 Å². The van der Waals surface area contributed by atoms with E-state index in [2.05, 4.69) is 17.2 Å². The molecule has 0 radical (unpaired) electrons. The van der Waals surface area contributed by atoms with Gasteiger partial charge in [-0.3, -0.25) is 4.79 Å². The average Bonchev–Trinajstić information content (AvgIpc) is 2.96. The number of anilines is 1. The monoisotopic (exact) mass is 287 g/mol. The molecular weight excluding hydrogens is 273 g/mol. The Hall–Kier alpha value is -2.58. The van der Waals surface area contributed by atoms with Crippen molar-refractivity contribution in [2.75, 3.05) is 11.9 Å². The fraction of sp³-hybridized carbons (Fsp3) is 0.188. The number of amides is 1. The molecule has 1 amide bonds. The first-order valence-corrected chi connectivity index (χ1v) is 6.42. The highest BCUT2D eigenvalue weighted by Gasteiger charge is 2.13. The van der Waals surface area contributed by atoms with Crippen LogP contribution in [0.15, 0.2) is 34.9 Å². The van der Waals surface area contributed by atoms with Crippen LogP contribution in [0.3, 0.4) is 0 Å². The minimum absolute atomic E-state index is 0.116. The lowest BCUT2D eigenvalue weighted by Gasteiger charge is -2.06. The quantitative estimate of drug-likeness (QED) is 0.853. The predicted octanol–water partition coefficient (Wildman–Crippen LogP) is 2.58. The van der Waals surface area contributed by atoms with Gasteiger partial charge in [-0.2, -0.15) is 0 Å². The Morgan fingerprint density at radius 2 is 2.24 bits per heavy atom. The van der Waals surface area contributed by atoms with Gasteiger partial charge in [0.05, 0.1) is 17.4 Å². The summed E-state index contributed by atoms with van der Waals surface area (Å²) >= 11 is 0. The first kappa shape index (κ1) is 14.8. The lowest BCUT2D eigenvalue weighted by atomic mass is 10.1. The highest BCUT2D eigenvalue weighted by Crippen LogP contribution is 2.17. The summed E-state index contributed by atoms with van der Waals surface area (Å²) in [7, 11) is 0. The van der Waals surface area contributed by atoms with Gasteiger partial charge in [0, 0.05) is 12.1 Å². The van der Waals surface area contributed by atoms with Gasteiger partial charge in [-0.15, -0.1) is 0 Å². The zero-order valence-corrected chi connectivity index (χ0v) is 11.4. The molecule has 4 nitrogen and oxygen atoms in total. The number of rotatable bonds is 3. The number of hydrogen-bond donors (Lipinski definition) is 2. The third-order valence-electron chi connectivity index (χ3n) is 2.84. The van der Waals surface area contributed by atoms with Gasteiger partial charge in [-0.25, -0.2) is 4.39 Å². The molecule has 1 aromatic heterocycles. The number of benzene rings is 1. The van der Waals surface area contributed by atoms with E-state index in [1.54, 1.807) is 6.07 Å². The number of carbonyl (C=O) groups is 1. The average molecular weight is 287 g/mol. The van der Waals surface area contributed by atoms with E-state index in [1.807, 2.05) is 6.92 Å². The Balaban J connectivity index is 2.22. The van der Waals surface area contributed by atoms with E-state index in [9.17, 15) is 9.18 Å². The van der Waals surface area contributed by atoms with Gasteiger partial charge in [-0.1, -0.05) is 18.8 Å². The van der Waals surface area contributed by atoms with Crippen molar-refractivity contribution in [3.8, 4) is 11.8 Å². The number of aryl methyl sites for hydroxylation is 1. The van der Waals surface area contributed by atoms with Crippen LogP contribution in [0.1, 0.15) is 28.6 Å². The largest absolute Gasteiger partial charge is 0.469 e. The molecule has 0 atom stereocenters. The van der Waals surface area contributed by atoms with Gasteiger partial charge >= 0.3 is 0 Å². The van der Waals surface area contributed by atoms with Gasteiger partial charge in [0.1, 0.15) is 18.2 Å². The molecule has 0 aliphatic heterocycles. The molecule has 0 unspecified atom stereocenters. The van der Waals surface area contributed by atoms with Crippen LogP contribution in [0.4, 0.5) is 10.1 Å². The maximum absolute atomic E-state index is 13.5. The summed E-state index contributed by atoms with van der Waals surface area (Å²) in [6.45, 7) is 1.53. The van der Waals surface area contributed by atoms with E-state index in [0.29, 0.717) is 23.4 Å². The number of furan rings is 1. The van der Waals surface area contributed by atoms with Crippen LogP contribution in [0, 0.1) is 17.7 Å². The molecule has 2 aromatic rings.